The molecule has 0 amide bonds. The summed E-state index contributed by atoms with van der Waals surface area (Å²) in [5.74, 6) is 1.13. The van der Waals surface area contributed by atoms with Gasteiger partial charge in [0.2, 0.25) is 0 Å². The maximum Gasteiger partial charge on any atom is 0.188 e. The normalized spacial score (nSPS) is 10.6. The Kier molecular flexibility index (Phi) is 7.24. The molecule has 0 radical (unpaired) electrons. The highest BCUT2D eigenvalue weighted by atomic mass is 127. The van der Waals surface area contributed by atoms with E-state index in [2.05, 4.69) is 10.3 Å². The van der Waals surface area contributed by atoms with E-state index in [1.165, 1.54) is 0 Å². The first-order valence-electron chi connectivity index (χ1n) is 4.46. The van der Waals surface area contributed by atoms with Gasteiger partial charge in [0.1, 0.15) is 5.75 Å². The average molecular weight is 356 g/mol. The fraction of sp³-hybridized carbons (Fsp3) is 0.300. The smallest absolute Gasteiger partial charge is 0.188 e. The number of hydrogen-bond donors (Lipinski definition) is 2. The summed E-state index contributed by atoms with van der Waals surface area (Å²) in [5, 5.41) is 3.59. The van der Waals surface area contributed by atoms with E-state index in [-0.39, 0.29) is 24.0 Å². The Balaban J connectivity index is 0.00000225. The van der Waals surface area contributed by atoms with Crippen LogP contribution in [0.25, 0.3) is 0 Å². The Bertz CT molecular complexity index is 371. The number of aliphatic imine (C=N–C) groups is 1. The molecule has 0 aliphatic carbocycles. The number of methoxy groups -OCH3 is 1. The molecular formula is C10H15ClIN3O. The minimum Gasteiger partial charge on any atom is -0.496 e. The molecule has 0 saturated carbocycles. The minimum atomic E-state index is 0. The van der Waals surface area contributed by atoms with Gasteiger partial charge >= 0.3 is 0 Å². The quantitative estimate of drug-likeness (QED) is 0.495. The largest absolute Gasteiger partial charge is 0.496 e. The third kappa shape index (κ3) is 4.44. The number of nitrogens with one attached hydrogen (secondary N) is 1. The van der Waals surface area contributed by atoms with E-state index in [4.69, 9.17) is 22.1 Å². The van der Waals surface area contributed by atoms with Crippen LogP contribution in [0.2, 0.25) is 5.02 Å². The highest BCUT2D eigenvalue weighted by Gasteiger charge is 2.03. The number of nitrogens with zero attached hydrogens (tertiary/aromatic N) is 1. The van der Waals surface area contributed by atoms with Gasteiger partial charge < -0.3 is 15.8 Å². The van der Waals surface area contributed by atoms with Gasteiger partial charge in [0.05, 0.1) is 7.11 Å². The molecule has 0 aliphatic rings. The minimum absolute atomic E-state index is 0. The van der Waals surface area contributed by atoms with Gasteiger partial charge in [0, 0.05) is 24.2 Å². The van der Waals surface area contributed by atoms with Crippen LogP contribution >= 0.6 is 35.6 Å². The molecule has 0 aromatic heterocycles. The van der Waals surface area contributed by atoms with Gasteiger partial charge in [0.15, 0.2) is 5.96 Å². The lowest BCUT2D eigenvalue weighted by molar-refractivity contribution is 0.409. The monoisotopic (exact) mass is 355 g/mol. The zero-order valence-corrected chi connectivity index (χ0v) is 12.2. The zero-order chi connectivity index (χ0) is 11.3. The van der Waals surface area contributed by atoms with Crippen molar-refractivity contribution in [2.45, 2.75) is 6.54 Å². The standard InChI is InChI=1S/C10H14ClN3O.HI/c1-13-10(12)14-6-7-3-4-8(11)5-9(7)15-2;/h3-5H,6H2,1-2H3,(H3,12,13,14);1H. The molecule has 90 valence electrons. The summed E-state index contributed by atoms with van der Waals surface area (Å²) < 4.78 is 5.19. The molecule has 1 rings (SSSR count). The summed E-state index contributed by atoms with van der Waals surface area (Å²) in [4.78, 5) is 3.79. The second-order valence-corrected chi connectivity index (χ2v) is 3.36. The molecule has 0 atom stereocenters. The molecule has 1 aromatic rings. The van der Waals surface area contributed by atoms with Gasteiger partial charge in [-0.3, -0.25) is 4.99 Å². The zero-order valence-electron chi connectivity index (χ0n) is 9.16. The SMILES string of the molecule is CN=C(N)NCc1ccc(Cl)cc1OC.I. The highest BCUT2D eigenvalue weighted by Crippen LogP contribution is 2.22. The van der Waals surface area contributed by atoms with Crippen molar-refractivity contribution < 1.29 is 4.74 Å². The lowest BCUT2D eigenvalue weighted by Crippen LogP contribution is -2.30. The van der Waals surface area contributed by atoms with E-state index in [0.717, 1.165) is 11.3 Å². The maximum atomic E-state index is 5.84. The summed E-state index contributed by atoms with van der Waals surface area (Å²) in [6, 6.07) is 5.45. The summed E-state index contributed by atoms with van der Waals surface area (Å²) in [6.45, 7) is 0.559. The number of nitrogens with two attached hydrogens (primary N) is 1. The van der Waals surface area contributed by atoms with Gasteiger partial charge in [-0.15, -0.1) is 24.0 Å². The summed E-state index contributed by atoms with van der Waals surface area (Å²) >= 11 is 5.84. The number of rotatable bonds is 3. The van der Waals surface area contributed by atoms with Gasteiger partial charge in [-0.05, 0) is 12.1 Å². The summed E-state index contributed by atoms with van der Waals surface area (Å²) in [6.07, 6.45) is 0. The first-order chi connectivity index (χ1) is 7.17. The van der Waals surface area contributed by atoms with E-state index in [0.29, 0.717) is 17.5 Å². The molecule has 16 heavy (non-hydrogen) atoms. The van der Waals surface area contributed by atoms with Crippen molar-refractivity contribution in [3.8, 4) is 5.75 Å². The predicted octanol–water partition coefficient (Wildman–Crippen LogP) is 2.00. The number of benzene rings is 1. The van der Waals surface area contributed by atoms with Crippen LogP contribution in [0.5, 0.6) is 5.75 Å². The lowest BCUT2D eigenvalue weighted by Gasteiger charge is -2.10. The summed E-state index contributed by atoms with van der Waals surface area (Å²) in [5.41, 5.74) is 6.49. The topological polar surface area (TPSA) is 59.6 Å². The molecule has 0 bridgehead atoms. The van der Waals surface area contributed by atoms with Gasteiger partial charge in [-0.1, -0.05) is 17.7 Å². The first kappa shape index (κ1) is 15.3. The van der Waals surface area contributed by atoms with Crippen LogP contribution in [0.4, 0.5) is 0 Å². The van der Waals surface area contributed by atoms with Crippen LogP contribution in [0.3, 0.4) is 0 Å². The van der Waals surface area contributed by atoms with Crippen molar-refractivity contribution in [1.29, 1.82) is 0 Å². The third-order valence-corrected chi connectivity index (χ3v) is 2.19. The maximum absolute atomic E-state index is 5.84. The second-order valence-electron chi connectivity index (χ2n) is 2.92. The number of ether oxygens (including phenoxy) is 1. The fourth-order valence-electron chi connectivity index (χ4n) is 1.13. The van der Waals surface area contributed by atoms with Crippen LogP contribution in [0.15, 0.2) is 23.2 Å². The molecule has 1 aromatic carbocycles. The van der Waals surface area contributed by atoms with E-state index in [9.17, 15) is 0 Å². The second kappa shape index (κ2) is 7.56. The molecule has 0 aliphatic heterocycles. The molecule has 3 N–H and O–H groups in total. The van der Waals surface area contributed by atoms with E-state index in [1.54, 1.807) is 26.3 Å². The van der Waals surface area contributed by atoms with E-state index >= 15 is 0 Å². The van der Waals surface area contributed by atoms with Crippen molar-refractivity contribution in [2.24, 2.45) is 10.7 Å². The fourth-order valence-corrected chi connectivity index (χ4v) is 1.29. The van der Waals surface area contributed by atoms with Crippen molar-refractivity contribution in [3.05, 3.63) is 28.8 Å². The Morgan fingerprint density at radius 2 is 2.25 bits per heavy atom. The lowest BCUT2D eigenvalue weighted by atomic mass is 10.2. The molecule has 0 spiro atoms. The van der Waals surface area contributed by atoms with Crippen molar-refractivity contribution in [2.75, 3.05) is 14.2 Å². The van der Waals surface area contributed by atoms with Gasteiger partial charge in [0.25, 0.3) is 0 Å². The van der Waals surface area contributed by atoms with Crippen molar-refractivity contribution >= 4 is 41.5 Å². The van der Waals surface area contributed by atoms with Crippen LogP contribution in [0.1, 0.15) is 5.56 Å². The third-order valence-electron chi connectivity index (χ3n) is 1.95. The Morgan fingerprint density at radius 1 is 1.56 bits per heavy atom. The molecule has 0 saturated heterocycles. The number of guanidine groups is 1. The molecule has 0 fully saturated rings. The number of halogens is 2. The van der Waals surface area contributed by atoms with E-state index < -0.39 is 0 Å². The Morgan fingerprint density at radius 3 is 2.81 bits per heavy atom. The van der Waals surface area contributed by atoms with Gasteiger partial charge in [-0.25, -0.2) is 0 Å². The van der Waals surface area contributed by atoms with Crippen molar-refractivity contribution in [1.82, 2.24) is 5.32 Å². The van der Waals surface area contributed by atoms with Crippen LogP contribution in [-0.4, -0.2) is 20.1 Å². The molecule has 6 heteroatoms. The highest BCUT2D eigenvalue weighted by molar-refractivity contribution is 14.0. The van der Waals surface area contributed by atoms with Crippen LogP contribution in [-0.2, 0) is 6.54 Å². The van der Waals surface area contributed by atoms with Crippen LogP contribution in [0, 0.1) is 0 Å². The number of hydrogen-bond acceptors (Lipinski definition) is 2. The summed E-state index contributed by atoms with van der Waals surface area (Å²) in [7, 11) is 3.23. The molecule has 0 heterocycles. The molecular weight excluding hydrogens is 340 g/mol. The Hall–Kier alpha value is -0.690. The van der Waals surface area contributed by atoms with Crippen molar-refractivity contribution in [3.63, 3.8) is 0 Å². The van der Waals surface area contributed by atoms with Gasteiger partial charge in [-0.2, -0.15) is 0 Å². The predicted molar refractivity (Wildman–Crippen MR) is 77.8 cm³/mol. The van der Waals surface area contributed by atoms with Crippen LogP contribution < -0.4 is 15.8 Å². The van der Waals surface area contributed by atoms with E-state index in [1.807, 2.05) is 6.07 Å². The molecule has 0 unspecified atom stereocenters. The Labute approximate surface area is 117 Å². The first-order valence-corrected chi connectivity index (χ1v) is 4.83. The molecule has 4 nitrogen and oxygen atoms in total. The average Bonchev–Trinajstić information content (AvgIpc) is 2.26.